The number of nitrogens with zero attached hydrogens (tertiary/aromatic N) is 2. The van der Waals surface area contributed by atoms with Crippen molar-refractivity contribution in [3.63, 3.8) is 0 Å². The van der Waals surface area contributed by atoms with Gasteiger partial charge in [-0.15, -0.1) is 0 Å². The Morgan fingerprint density at radius 1 is 1.19 bits per heavy atom. The van der Waals surface area contributed by atoms with Gasteiger partial charge < -0.3 is 10.6 Å². The Bertz CT molecular complexity index is 960. The van der Waals surface area contributed by atoms with Gasteiger partial charge in [0.05, 0.1) is 23.7 Å². The first kappa shape index (κ1) is 21.6. The number of amides is 1. The second-order valence-corrected chi connectivity index (χ2v) is 8.52. The number of likely N-dealkylation sites (tertiary alicyclic amines) is 1. The van der Waals surface area contributed by atoms with E-state index in [0.717, 1.165) is 50.9 Å². The van der Waals surface area contributed by atoms with Gasteiger partial charge in [-0.1, -0.05) is 0 Å². The largest absolute Gasteiger partial charge is 0.416 e. The summed E-state index contributed by atoms with van der Waals surface area (Å²) in [4.78, 5) is 26.1. The number of alkyl halides is 3. The van der Waals surface area contributed by atoms with E-state index in [9.17, 15) is 22.8 Å². The maximum Gasteiger partial charge on any atom is 0.416 e. The summed E-state index contributed by atoms with van der Waals surface area (Å²) in [5.74, 6) is 0.463. The first-order chi connectivity index (χ1) is 14.7. The lowest BCUT2D eigenvalue weighted by Gasteiger charge is -2.46. The predicted octanol–water partition coefficient (Wildman–Crippen LogP) is 2.94. The van der Waals surface area contributed by atoms with E-state index >= 15 is 0 Å². The fourth-order valence-corrected chi connectivity index (χ4v) is 4.52. The molecule has 1 aromatic heterocycles. The zero-order valence-electron chi connectivity index (χ0n) is 17.3. The van der Waals surface area contributed by atoms with Crippen molar-refractivity contribution in [1.82, 2.24) is 20.4 Å². The van der Waals surface area contributed by atoms with E-state index in [4.69, 9.17) is 0 Å². The van der Waals surface area contributed by atoms with Crippen LogP contribution in [-0.2, 0) is 15.8 Å². The number of hydrogen-bond donors (Lipinski definition) is 3. The van der Waals surface area contributed by atoms with Gasteiger partial charge in [0.15, 0.2) is 5.82 Å². The number of benzene rings is 1. The summed E-state index contributed by atoms with van der Waals surface area (Å²) in [6.45, 7) is 3.15. The van der Waals surface area contributed by atoms with Crippen LogP contribution >= 0.6 is 0 Å². The van der Waals surface area contributed by atoms with Crippen LogP contribution in [0.4, 0.5) is 19.0 Å². The second-order valence-electron chi connectivity index (χ2n) is 8.52. The van der Waals surface area contributed by atoms with Crippen molar-refractivity contribution >= 4 is 28.4 Å². The minimum Gasteiger partial charge on any atom is -0.359 e. The highest BCUT2D eigenvalue weighted by Gasteiger charge is 2.36. The molecule has 2 aromatic rings. The van der Waals surface area contributed by atoms with Crippen LogP contribution in [0.1, 0.15) is 38.2 Å². The topological polar surface area (TPSA) is 90.1 Å². The maximum absolute atomic E-state index is 12.9. The Morgan fingerprint density at radius 3 is 2.55 bits per heavy atom. The number of H-pyrrole nitrogens is 1. The van der Waals surface area contributed by atoms with Crippen LogP contribution in [0.5, 0.6) is 0 Å². The number of hydrogen-bond acceptors (Lipinski definition) is 5. The Kier molecular flexibility index (Phi) is 5.92. The van der Waals surface area contributed by atoms with Gasteiger partial charge in [-0.05, 0) is 50.8 Å². The second kappa shape index (κ2) is 8.49. The highest BCUT2D eigenvalue weighted by molar-refractivity contribution is 5.92. The third kappa shape index (κ3) is 4.84. The normalized spacial score (nSPS) is 22.8. The van der Waals surface area contributed by atoms with Crippen molar-refractivity contribution in [3.8, 4) is 0 Å². The fraction of sp³-hybridized carbons (Fsp3) is 0.571. The molecule has 2 aliphatic rings. The number of aromatic amines is 1. The zero-order chi connectivity index (χ0) is 22.2. The van der Waals surface area contributed by atoms with Crippen molar-refractivity contribution in [1.29, 1.82) is 0 Å². The lowest BCUT2D eigenvalue weighted by atomic mass is 9.82. The van der Waals surface area contributed by atoms with E-state index in [1.54, 1.807) is 6.92 Å². The molecule has 2 heterocycles. The first-order valence-corrected chi connectivity index (χ1v) is 10.5. The number of anilines is 1. The molecule has 0 spiro atoms. The molecule has 1 saturated carbocycles. The van der Waals surface area contributed by atoms with Crippen LogP contribution in [-0.4, -0.2) is 58.5 Å². The molecule has 1 saturated heterocycles. The highest BCUT2D eigenvalue weighted by atomic mass is 19.4. The predicted molar refractivity (Wildman–Crippen MR) is 110 cm³/mol. The quantitative estimate of drug-likeness (QED) is 0.647. The molecule has 4 rings (SSSR count). The molecular formula is C21H26F3N5O2. The summed E-state index contributed by atoms with van der Waals surface area (Å²) in [6, 6.07) is 3.87. The average molecular weight is 437 g/mol. The van der Waals surface area contributed by atoms with Crippen molar-refractivity contribution < 1.29 is 22.8 Å². The SMILES string of the molecule is CC(=O)C1CCC(N2CC(NC(=O)CNc3n[nH]c4ccc(C(F)(F)F)cc34)C2)CC1. The number of rotatable bonds is 6. The van der Waals surface area contributed by atoms with Crippen molar-refractivity contribution in [2.45, 2.75) is 50.9 Å². The van der Waals surface area contributed by atoms with Crippen LogP contribution in [0, 0.1) is 5.92 Å². The first-order valence-electron chi connectivity index (χ1n) is 10.5. The fourth-order valence-electron chi connectivity index (χ4n) is 4.52. The number of carbonyl (C=O) groups is 2. The van der Waals surface area contributed by atoms with Crippen molar-refractivity contribution in [2.75, 3.05) is 25.0 Å². The van der Waals surface area contributed by atoms with Gasteiger partial charge in [0.2, 0.25) is 5.91 Å². The molecule has 0 unspecified atom stereocenters. The number of Topliss-reactive ketones (excluding diaryl/α,β-unsaturated/α-hetero) is 1. The van der Waals surface area contributed by atoms with Crippen LogP contribution in [0.15, 0.2) is 18.2 Å². The van der Waals surface area contributed by atoms with E-state index in [2.05, 4.69) is 25.7 Å². The lowest BCUT2D eigenvalue weighted by Crippen LogP contribution is -2.63. The Morgan fingerprint density at radius 2 is 1.90 bits per heavy atom. The summed E-state index contributed by atoms with van der Waals surface area (Å²) >= 11 is 0. The van der Waals surface area contributed by atoms with Crippen LogP contribution in [0.3, 0.4) is 0 Å². The lowest BCUT2D eigenvalue weighted by molar-refractivity contribution is -0.137. The molecular weight excluding hydrogens is 411 g/mol. The standard InChI is InChI=1S/C21H26F3N5O2/c1-12(30)13-2-5-16(6-3-13)29-10-15(11-29)26-19(31)9-25-20-17-8-14(21(22,23)24)4-7-18(17)27-28-20/h4,7-8,13,15-16H,2-3,5-6,9-11H2,1H3,(H,26,31)(H2,25,27,28). The summed E-state index contributed by atoms with van der Waals surface area (Å²) in [7, 11) is 0. The Labute approximate surface area is 177 Å². The molecule has 0 bridgehead atoms. The van der Waals surface area contributed by atoms with Gasteiger partial charge in [-0.25, -0.2) is 0 Å². The number of fused-ring (bicyclic) bond motifs is 1. The van der Waals surface area contributed by atoms with Gasteiger partial charge >= 0.3 is 6.18 Å². The number of ketones is 1. The van der Waals surface area contributed by atoms with Gasteiger partial charge in [-0.3, -0.25) is 19.6 Å². The van der Waals surface area contributed by atoms with E-state index in [-0.39, 0.29) is 36.0 Å². The number of aromatic nitrogens is 2. The average Bonchev–Trinajstić information content (AvgIpc) is 3.10. The summed E-state index contributed by atoms with van der Waals surface area (Å²) in [6.07, 6.45) is -0.547. The van der Waals surface area contributed by atoms with Gasteiger partial charge in [0.1, 0.15) is 5.78 Å². The molecule has 3 N–H and O–H groups in total. The molecule has 1 amide bonds. The number of halogens is 3. The Balaban J connectivity index is 1.23. The summed E-state index contributed by atoms with van der Waals surface area (Å²) < 4.78 is 38.8. The van der Waals surface area contributed by atoms with Crippen LogP contribution in [0.2, 0.25) is 0 Å². The van der Waals surface area contributed by atoms with E-state index in [0.29, 0.717) is 16.9 Å². The molecule has 1 aliphatic heterocycles. The van der Waals surface area contributed by atoms with E-state index < -0.39 is 11.7 Å². The number of nitrogens with one attached hydrogen (secondary N) is 3. The molecule has 7 nitrogen and oxygen atoms in total. The third-order valence-electron chi connectivity index (χ3n) is 6.37. The maximum atomic E-state index is 12.9. The summed E-state index contributed by atoms with van der Waals surface area (Å²) in [5, 5.41) is 12.7. The third-order valence-corrected chi connectivity index (χ3v) is 6.37. The molecule has 31 heavy (non-hydrogen) atoms. The molecule has 2 fully saturated rings. The van der Waals surface area contributed by atoms with Gasteiger partial charge in [0, 0.05) is 30.4 Å². The molecule has 10 heteroatoms. The smallest absolute Gasteiger partial charge is 0.359 e. The minimum atomic E-state index is -4.44. The van der Waals surface area contributed by atoms with Gasteiger partial charge in [0.25, 0.3) is 0 Å². The number of carbonyl (C=O) groups excluding carboxylic acids is 2. The van der Waals surface area contributed by atoms with Crippen LogP contribution < -0.4 is 10.6 Å². The van der Waals surface area contributed by atoms with Gasteiger partial charge in [-0.2, -0.15) is 18.3 Å². The Hall–Kier alpha value is -2.62. The monoisotopic (exact) mass is 437 g/mol. The molecule has 1 aromatic carbocycles. The molecule has 1 aliphatic carbocycles. The molecule has 0 atom stereocenters. The van der Waals surface area contributed by atoms with Crippen molar-refractivity contribution in [2.24, 2.45) is 5.92 Å². The van der Waals surface area contributed by atoms with E-state index in [1.807, 2.05) is 0 Å². The molecule has 0 radical (unpaired) electrons. The summed E-state index contributed by atoms with van der Waals surface area (Å²) in [5.41, 5.74) is -0.300. The van der Waals surface area contributed by atoms with E-state index in [1.165, 1.54) is 6.07 Å². The minimum absolute atomic E-state index is 0.0626. The zero-order valence-corrected chi connectivity index (χ0v) is 17.3. The highest BCUT2D eigenvalue weighted by Crippen LogP contribution is 2.33. The van der Waals surface area contributed by atoms with Crippen LogP contribution in [0.25, 0.3) is 10.9 Å². The molecule has 168 valence electrons. The van der Waals surface area contributed by atoms with Crippen molar-refractivity contribution in [3.05, 3.63) is 23.8 Å².